The number of alkyl halides is 3. The summed E-state index contributed by atoms with van der Waals surface area (Å²) in [4.78, 5) is 12.5. The molecule has 0 aromatic heterocycles. The Kier molecular flexibility index (Phi) is 20.1. The van der Waals surface area contributed by atoms with Crippen molar-refractivity contribution in [3.63, 3.8) is 0 Å². The number of esters is 1. The minimum Gasteiger partial charge on any atom is -0.460 e. The fourth-order valence-corrected chi connectivity index (χ4v) is 3.80. The first-order valence-corrected chi connectivity index (χ1v) is 15.1. The number of anilines is 2. The Hall–Kier alpha value is -2.74. The van der Waals surface area contributed by atoms with Crippen LogP contribution in [0.4, 0.5) is 24.5 Å². The van der Waals surface area contributed by atoms with E-state index in [2.05, 4.69) is 12.2 Å². The Morgan fingerprint density at radius 1 is 0.636 bits per heavy atom. The predicted molar refractivity (Wildman–Crippen MR) is 161 cm³/mol. The smallest absolute Gasteiger partial charge is 0.416 e. The van der Waals surface area contributed by atoms with Gasteiger partial charge in [0, 0.05) is 12.3 Å². The number of hydrogen-bond donors (Lipinski definition) is 1. The summed E-state index contributed by atoms with van der Waals surface area (Å²) < 4.78 is 77.0. The zero-order valence-corrected chi connectivity index (χ0v) is 25.5. The van der Waals surface area contributed by atoms with E-state index >= 15 is 0 Å². The van der Waals surface area contributed by atoms with Crippen LogP contribution < -0.4 is 5.32 Å². The predicted octanol–water partition coefficient (Wildman–Crippen LogP) is 6.29. The third-order valence-corrected chi connectivity index (χ3v) is 6.08. The van der Waals surface area contributed by atoms with Crippen LogP contribution in [0.3, 0.4) is 0 Å². The molecule has 0 saturated carbocycles. The lowest BCUT2D eigenvalue weighted by Gasteiger charge is -2.13. The van der Waals surface area contributed by atoms with Crippen LogP contribution >= 0.6 is 0 Å². The van der Waals surface area contributed by atoms with Crippen LogP contribution in [0.2, 0.25) is 0 Å². The maximum Gasteiger partial charge on any atom is 0.416 e. The first-order valence-electron chi connectivity index (χ1n) is 15.1. The molecule has 2 aromatic rings. The summed E-state index contributed by atoms with van der Waals surface area (Å²) in [6.45, 7) is 7.83. The third-order valence-electron chi connectivity index (χ3n) is 6.08. The molecule has 248 valence electrons. The lowest BCUT2D eigenvalue weighted by atomic mass is 10.1. The number of rotatable bonds is 26. The van der Waals surface area contributed by atoms with E-state index in [1.807, 2.05) is 0 Å². The number of carbonyl (C=O) groups excluding carboxylic acids is 1. The Labute approximate surface area is 258 Å². The van der Waals surface area contributed by atoms with Crippen molar-refractivity contribution in [1.29, 1.82) is 0 Å². The zero-order valence-electron chi connectivity index (χ0n) is 25.5. The standard InChI is InChI=1S/C32H46F3NO8/c1-2-3-4-7-13-38-14-15-39-16-17-40-18-19-41-20-21-42-22-23-43-24-25-44-31(37)29-11-5-6-12-30(29)36-28-10-8-9-27(26-28)32(33,34)35/h5-6,8-12,26,36H,2-4,7,13-25H2,1H3. The summed E-state index contributed by atoms with van der Waals surface area (Å²) in [7, 11) is 0. The maximum absolute atomic E-state index is 13.0. The molecule has 12 heteroatoms. The molecule has 0 radical (unpaired) electrons. The fourth-order valence-electron chi connectivity index (χ4n) is 3.80. The highest BCUT2D eigenvalue weighted by molar-refractivity contribution is 5.96. The molecule has 2 aromatic carbocycles. The fraction of sp³-hybridized carbons (Fsp3) is 0.594. The monoisotopic (exact) mass is 629 g/mol. The number of halogens is 3. The summed E-state index contributed by atoms with van der Waals surface area (Å²) in [6.07, 6.45) is 0.331. The summed E-state index contributed by atoms with van der Waals surface area (Å²) >= 11 is 0. The third kappa shape index (κ3) is 17.5. The van der Waals surface area contributed by atoms with E-state index in [0.29, 0.717) is 71.8 Å². The van der Waals surface area contributed by atoms with E-state index in [4.69, 9.17) is 33.2 Å². The maximum atomic E-state index is 13.0. The second-order valence-corrected chi connectivity index (χ2v) is 9.62. The van der Waals surface area contributed by atoms with Crippen LogP contribution in [0.25, 0.3) is 0 Å². The van der Waals surface area contributed by atoms with Gasteiger partial charge in [-0.3, -0.25) is 0 Å². The Balaban J connectivity index is 1.42. The van der Waals surface area contributed by atoms with Crippen molar-refractivity contribution in [1.82, 2.24) is 0 Å². The molecule has 0 fully saturated rings. The quantitative estimate of drug-likeness (QED) is 0.0953. The van der Waals surface area contributed by atoms with E-state index in [9.17, 15) is 18.0 Å². The van der Waals surface area contributed by atoms with Gasteiger partial charge in [0.25, 0.3) is 0 Å². The number of carbonyl (C=O) groups is 1. The topological polar surface area (TPSA) is 93.7 Å². The lowest BCUT2D eigenvalue weighted by molar-refractivity contribution is -0.137. The minimum absolute atomic E-state index is 0.0117. The Bertz CT molecular complexity index is 1020. The van der Waals surface area contributed by atoms with Gasteiger partial charge in [0.1, 0.15) is 6.61 Å². The van der Waals surface area contributed by atoms with Gasteiger partial charge in [-0.1, -0.05) is 44.4 Å². The summed E-state index contributed by atoms with van der Waals surface area (Å²) in [5, 5.41) is 2.86. The van der Waals surface area contributed by atoms with Crippen molar-refractivity contribution >= 4 is 17.3 Å². The molecule has 0 aliphatic heterocycles. The molecule has 0 aliphatic rings. The van der Waals surface area contributed by atoms with Gasteiger partial charge >= 0.3 is 12.1 Å². The molecule has 44 heavy (non-hydrogen) atoms. The van der Waals surface area contributed by atoms with Gasteiger partial charge in [0.15, 0.2) is 0 Å². The normalized spacial score (nSPS) is 11.5. The number of para-hydroxylation sites is 1. The van der Waals surface area contributed by atoms with Crippen molar-refractivity contribution in [2.75, 3.05) is 91.2 Å². The summed E-state index contributed by atoms with van der Waals surface area (Å²) in [5.74, 6) is -0.619. The van der Waals surface area contributed by atoms with Gasteiger partial charge < -0.3 is 38.5 Å². The largest absolute Gasteiger partial charge is 0.460 e. The highest BCUT2D eigenvalue weighted by Gasteiger charge is 2.30. The van der Waals surface area contributed by atoms with Gasteiger partial charge in [-0.2, -0.15) is 13.2 Å². The summed E-state index contributed by atoms with van der Waals surface area (Å²) in [6, 6.07) is 11.2. The van der Waals surface area contributed by atoms with Gasteiger partial charge in [-0.05, 0) is 36.8 Å². The van der Waals surface area contributed by atoms with Crippen LogP contribution in [0, 0.1) is 0 Å². The zero-order chi connectivity index (χ0) is 31.7. The average molecular weight is 630 g/mol. The molecular weight excluding hydrogens is 583 g/mol. The second kappa shape index (κ2) is 23.6. The van der Waals surface area contributed by atoms with Crippen LogP contribution in [0.5, 0.6) is 0 Å². The Morgan fingerprint density at radius 2 is 1.16 bits per heavy atom. The number of hydrogen-bond acceptors (Lipinski definition) is 9. The molecular formula is C32H46F3NO8. The molecule has 0 saturated heterocycles. The molecule has 0 spiro atoms. The van der Waals surface area contributed by atoms with Gasteiger partial charge in [0.05, 0.1) is 89.5 Å². The SMILES string of the molecule is CCCCCCOCCOCCOCCOCCOCCOCCOC(=O)c1ccccc1Nc1cccc(C(F)(F)F)c1. The van der Waals surface area contributed by atoms with Gasteiger partial charge in [-0.25, -0.2) is 4.79 Å². The molecule has 0 unspecified atom stereocenters. The first kappa shape index (κ1) is 37.4. The van der Waals surface area contributed by atoms with Crippen molar-refractivity contribution in [3.05, 3.63) is 59.7 Å². The molecule has 0 atom stereocenters. The van der Waals surface area contributed by atoms with Gasteiger partial charge in [0.2, 0.25) is 0 Å². The van der Waals surface area contributed by atoms with Crippen molar-refractivity contribution in [2.24, 2.45) is 0 Å². The molecule has 0 aliphatic carbocycles. The van der Waals surface area contributed by atoms with E-state index in [-0.39, 0.29) is 24.5 Å². The van der Waals surface area contributed by atoms with Gasteiger partial charge in [-0.15, -0.1) is 0 Å². The average Bonchev–Trinajstić information content (AvgIpc) is 3.01. The highest BCUT2D eigenvalue weighted by Crippen LogP contribution is 2.32. The van der Waals surface area contributed by atoms with E-state index in [1.54, 1.807) is 18.2 Å². The van der Waals surface area contributed by atoms with Crippen LogP contribution in [0.15, 0.2) is 48.5 Å². The molecule has 0 amide bonds. The highest BCUT2D eigenvalue weighted by atomic mass is 19.4. The lowest BCUT2D eigenvalue weighted by Crippen LogP contribution is -2.15. The molecule has 2 rings (SSSR count). The van der Waals surface area contributed by atoms with Crippen LogP contribution in [-0.2, 0) is 39.3 Å². The van der Waals surface area contributed by atoms with Crippen molar-refractivity contribution in [3.8, 4) is 0 Å². The van der Waals surface area contributed by atoms with E-state index in [1.165, 1.54) is 37.5 Å². The number of benzene rings is 2. The second-order valence-electron chi connectivity index (χ2n) is 9.62. The first-order chi connectivity index (χ1) is 21.4. The van der Waals surface area contributed by atoms with E-state index < -0.39 is 17.7 Å². The van der Waals surface area contributed by atoms with Crippen LogP contribution in [0.1, 0.15) is 48.5 Å². The Morgan fingerprint density at radius 3 is 1.70 bits per heavy atom. The number of unbranched alkanes of at least 4 members (excludes halogenated alkanes) is 3. The number of nitrogens with one attached hydrogen (secondary N) is 1. The molecule has 0 heterocycles. The molecule has 1 N–H and O–H groups in total. The molecule has 9 nitrogen and oxygen atoms in total. The molecule has 0 bridgehead atoms. The minimum atomic E-state index is -4.47. The van der Waals surface area contributed by atoms with Crippen molar-refractivity contribution < 1.29 is 51.1 Å². The van der Waals surface area contributed by atoms with Crippen molar-refractivity contribution in [2.45, 2.75) is 38.8 Å². The number of ether oxygens (including phenoxy) is 7. The van der Waals surface area contributed by atoms with Crippen LogP contribution in [-0.4, -0.2) is 91.9 Å². The van der Waals surface area contributed by atoms with E-state index in [0.717, 1.165) is 25.2 Å². The summed E-state index contributed by atoms with van der Waals surface area (Å²) in [5.41, 5.74) is -0.0592.